The van der Waals surface area contributed by atoms with Gasteiger partial charge in [-0.15, -0.1) is 0 Å². The molecule has 2 heteroatoms. The summed E-state index contributed by atoms with van der Waals surface area (Å²) >= 11 is 0. The third-order valence-electron chi connectivity index (χ3n) is 7.52. The molecule has 1 aliphatic heterocycles. The molecule has 3 aromatic rings. The monoisotopic (exact) mass is 355 g/mol. The Kier molecular flexibility index (Phi) is 3.25. The highest BCUT2D eigenvalue weighted by Gasteiger charge is 2.52. The van der Waals surface area contributed by atoms with E-state index in [1.165, 1.54) is 53.3 Å². The van der Waals surface area contributed by atoms with Gasteiger partial charge in [0.05, 0.1) is 0 Å². The van der Waals surface area contributed by atoms with Crippen LogP contribution in [0.3, 0.4) is 0 Å². The number of hydrogen-bond acceptors (Lipinski definition) is 2. The van der Waals surface area contributed by atoms with Crippen molar-refractivity contribution in [2.45, 2.75) is 31.1 Å². The summed E-state index contributed by atoms with van der Waals surface area (Å²) < 4.78 is 0. The van der Waals surface area contributed by atoms with Crippen LogP contribution in [-0.4, -0.2) is 18.2 Å². The van der Waals surface area contributed by atoms with Crippen LogP contribution in [0.2, 0.25) is 0 Å². The second-order valence-corrected chi connectivity index (χ2v) is 8.75. The van der Waals surface area contributed by atoms with Crippen molar-refractivity contribution in [1.29, 1.82) is 0 Å². The summed E-state index contributed by atoms with van der Waals surface area (Å²) in [5.41, 5.74) is 5.71. The predicted molar refractivity (Wildman–Crippen MR) is 110 cm³/mol. The average molecular weight is 355 g/mol. The molecule has 1 heterocycles. The lowest BCUT2D eigenvalue weighted by atomic mass is 9.75. The van der Waals surface area contributed by atoms with Gasteiger partial charge in [0.1, 0.15) is 5.75 Å². The van der Waals surface area contributed by atoms with Crippen LogP contribution >= 0.6 is 0 Å². The van der Waals surface area contributed by atoms with Crippen LogP contribution in [0.4, 0.5) is 0 Å². The first-order chi connectivity index (χ1) is 13.3. The maximum absolute atomic E-state index is 10.9. The lowest BCUT2D eigenvalue weighted by Crippen LogP contribution is -2.23. The minimum Gasteiger partial charge on any atom is -0.507 e. The molecule has 2 N–H and O–H groups in total. The van der Waals surface area contributed by atoms with Crippen molar-refractivity contribution in [2.75, 3.05) is 13.1 Å². The fraction of sp³-hybridized carbons (Fsp3) is 0.360. The Morgan fingerprint density at radius 3 is 2.26 bits per heavy atom. The van der Waals surface area contributed by atoms with E-state index in [1.54, 1.807) is 0 Å². The van der Waals surface area contributed by atoms with Crippen molar-refractivity contribution in [3.63, 3.8) is 0 Å². The van der Waals surface area contributed by atoms with E-state index >= 15 is 0 Å². The molecule has 2 nitrogen and oxygen atoms in total. The number of nitrogens with one attached hydrogen (secondary N) is 1. The molecule has 27 heavy (non-hydrogen) atoms. The predicted octanol–water partition coefficient (Wildman–Crippen LogP) is 5.22. The number of aromatic hydroxyl groups is 1. The summed E-state index contributed by atoms with van der Waals surface area (Å²) in [5.74, 6) is 2.01. The zero-order chi connectivity index (χ0) is 18.0. The Morgan fingerprint density at radius 1 is 0.815 bits per heavy atom. The quantitative estimate of drug-likeness (QED) is 0.579. The summed E-state index contributed by atoms with van der Waals surface area (Å²) in [6.45, 7) is 2.30. The van der Waals surface area contributed by atoms with Gasteiger partial charge in [-0.3, -0.25) is 0 Å². The van der Waals surface area contributed by atoms with Gasteiger partial charge in [0.15, 0.2) is 0 Å². The minimum atomic E-state index is 0.0834. The van der Waals surface area contributed by atoms with Gasteiger partial charge in [0.2, 0.25) is 0 Å². The molecule has 1 saturated carbocycles. The van der Waals surface area contributed by atoms with Crippen LogP contribution < -0.4 is 5.32 Å². The van der Waals surface area contributed by atoms with Crippen LogP contribution in [0, 0.1) is 11.8 Å². The van der Waals surface area contributed by atoms with Crippen LogP contribution in [0.1, 0.15) is 36.8 Å². The first kappa shape index (κ1) is 15.7. The maximum atomic E-state index is 10.9. The van der Waals surface area contributed by atoms with Crippen molar-refractivity contribution in [2.24, 2.45) is 11.8 Å². The Morgan fingerprint density at radius 2 is 1.48 bits per heavy atom. The van der Waals surface area contributed by atoms with E-state index in [0.717, 1.165) is 30.3 Å². The molecule has 2 atom stereocenters. The van der Waals surface area contributed by atoms with Crippen LogP contribution in [0.5, 0.6) is 5.75 Å². The fourth-order valence-corrected chi connectivity index (χ4v) is 6.41. The van der Waals surface area contributed by atoms with E-state index in [-0.39, 0.29) is 5.41 Å². The summed E-state index contributed by atoms with van der Waals surface area (Å²) in [6.07, 6.45) is 5.01. The van der Waals surface area contributed by atoms with Crippen molar-refractivity contribution in [3.8, 4) is 16.9 Å². The number of benzene rings is 3. The number of phenols is 1. The molecule has 2 unspecified atom stereocenters. The summed E-state index contributed by atoms with van der Waals surface area (Å²) in [7, 11) is 0. The van der Waals surface area contributed by atoms with Gasteiger partial charge >= 0.3 is 0 Å². The summed E-state index contributed by atoms with van der Waals surface area (Å²) in [5, 5.41) is 16.6. The van der Waals surface area contributed by atoms with Gasteiger partial charge in [0, 0.05) is 10.8 Å². The number of rotatable bonds is 0. The molecule has 6 rings (SSSR count). The minimum absolute atomic E-state index is 0.0834. The van der Waals surface area contributed by atoms with Gasteiger partial charge < -0.3 is 10.4 Å². The van der Waals surface area contributed by atoms with E-state index < -0.39 is 0 Å². The zero-order valence-electron chi connectivity index (χ0n) is 15.5. The number of phenolic OH excluding ortho intramolecular Hbond substituents is 1. The highest BCUT2D eigenvalue weighted by Crippen LogP contribution is 2.62. The molecular formula is C25H25NO. The lowest BCUT2D eigenvalue weighted by Gasteiger charge is -2.28. The SMILES string of the molecule is Oc1cc2c(c3ccccc13)-c1ccccc1C21CC2CCNCCC2C1. The van der Waals surface area contributed by atoms with Crippen molar-refractivity contribution in [1.82, 2.24) is 5.32 Å². The third kappa shape index (κ3) is 2.05. The van der Waals surface area contributed by atoms with Crippen LogP contribution in [0.25, 0.3) is 21.9 Å². The largest absolute Gasteiger partial charge is 0.507 e. The maximum Gasteiger partial charge on any atom is 0.123 e. The van der Waals surface area contributed by atoms with Crippen molar-refractivity contribution in [3.05, 3.63) is 65.7 Å². The van der Waals surface area contributed by atoms with Gasteiger partial charge in [-0.1, -0.05) is 48.5 Å². The molecule has 1 saturated heterocycles. The topological polar surface area (TPSA) is 32.3 Å². The molecule has 0 radical (unpaired) electrons. The van der Waals surface area contributed by atoms with Crippen molar-refractivity contribution >= 4 is 10.8 Å². The average Bonchev–Trinajstić information content (AvgIpc) is 3.10. The standard InChI is InChI=1S/C25H25NO/c27-23-13-22-24(19-6-2-1-5-18(19)23)20-7-3-4-8-21(20)25(22)14-16-9-11-26-12-10-17(16)15-25/h1-8,13,16-17,26-27H,9-12,14-15H2. The van der Waals surface area contributed by atoms with Crippen LogP contribution in [-0.2, 0) is 5.41 Å². The first-order valence-corrected chi connectivity index (χ1v) is 10.3. The zero-order valence-corrected chi connectivity index (χ0v) is 15.5. The lowest BCUT2D eigenvalue weighted by molar-refractivity contribution is 0.378. The molecule has 0 aromatic heterocycles. The van der Waals surface area contributed by atoms with Crippen molar-refractivity contribution < 1.29 is 5.11 Å². The highest BCUT2D eigenvalue weighted by molar-refractivity contribution is 6.05. The molecule has 2 fully saturated rings. The van der Waals surface area contributed by atoms with Gasteiger partial charge in [-0.25, -0.2) is 0 Å². The van der Waals surface area contributed by atoms with E-state index in [1.807, 2.05) is 12.1 Å². The molecule has 3 aromatic carbocycles. The second-order valence-electron chi connectivity index (χ2n) is 8.75. The summed E-state index contributed by atoms with van der Waals surface area (Å²) in [4.78, 5) is 0. The van der Waals surface area contributed by atoms with Gasteiger partial charge in [-0.2, -0.15) is 0 Å². The first-order valence-electron chi connectivity index (χ1n) is 10.3. The number of hydrogen-bond donors (Lipinski definition) is 2. The molecule has 136 valence electrons. The van der Waals surface area contributed by atoms with E-state index in [2.05, 4.69) is 47.8 Å². The van der Waals surface area contributed by atoms with E-state index in [4.69, 9.17) is 0 Å². The Balaban J connectivity index is 1.64. The van der Waals surface area contributed by atoms with E-state index in [9.17, 15) is 5.11 Å². The highest BCUT2D eigenvalue weighted by atomic mass is 16.3. The Hall–Kier alpha value is -2.32. The Bertz CT molecular complexity index is 1040. The molecule has 3 aliphatic rings. The molecule has 0 amide bonds. The van der Waals surface area contributed by atoms with Gasteiger partial charge in [0.25, 0.3) is 0 Å². The third-order valence-corrected chi connectivity index (χ3v) is 7.52. The van der Waals surface area contributed by atoms with Crippen LogP contribution in [0.15, 0.2) is 54.6 Å². The molecule has 0 bridgehead atoms. The second kappa shape index (κ2) is 5.59. The van der Waals surface area contributed by atoms with Gasteiger partial charge in [-0.05, 0) is 84.3 Å². The van der Waals surface area contributed by atoms with E-state index in [0.29, 0.717) is 5.75 Å². The molecule has 2 aliphatic carbocycles. The molecular weight excluding hydrogens is 330 g/mol. The fourth-order valence-electron chi connectivity index (χ4n) is 6.41. The normalized spacial score (nSPS) is 28.7. The Labute approximate surface area is 160 Å². The summed E-state index contributed by atoms with van der Waals surface area (Å²) in [6, 6.07) is 19.5. The molecule has 1 spiro atoms. The number of fused-ring (bicyclic) bond motifs is 8. The smallest absolute Gasteiger partial charge is 0.123 e.